The van der Waals surface area contributed by atoms with Crippen molar-refractivity contribution in [1.29, 1.82) is 0 Å². The molecule has 0 aliphatic carbocycles. The molecule has 9 heavy (non-hydrogen) atoms. The van der Waals surface area contributed by atoms with Crippen molar-refractivity contribution in [2.24, 2.45) is 0 Å². The zero-order valence-electron chi connectivity index (χ0n) is 4.83. The van der Waals surface area contributed by atoms with Gasteiger partial charge in [-0.05, 0) is 22.3 Å². The Balaban J connectivity index is 3.17. The molecule has 1 rings (SSSR count). The van der Waals surface area contributed by atoms with E-state index in [0.29, 0.717) is 5.59 Å². The lowest BCUT2D eigenvalue weighted by atomic mass is 10.0. The molecule has 0 aromatic carbocycles. The number of pyridine rings is 1. The highest BCUT2D eigenvalue weighted by Gasteiger charge is 1.90. The maximum atomic E-state index is 5.45. The molecule has 2 radical (unpaired) electrons. The van der Waals surface area contributed by atoms with Crippen LogP contribution in [0, 0.1) is 0 Å². The van der Waals surface area contributed by atoms with Crippen LogP contribution in [0.25, 0.3) is 0 Å². The van der Waals surface area contributed by atoms with Crippen molar-refractivity contribution in [2.75, 3.05) is 0 Å². The molecule has 4 heteroatoms. The molecule has 0 spiro atoms. The first-order chi connectivity index (χ1) is 4.20. The smallest absolute Gasteiger partial charge is 0.142 e. The van der Waals surface area contributed by atoms with Gasteiger partial charge >= 0.3 is 0 Å². The fourth-order valence-electron chi connectivity index (χ4n) is 0.509. The first-order valence-electron chi connectivity index (χ1n) is 2.46. The van der Waals surface area contributed by atoms with E-state index >= 15 is 0 Å². The predicted octanol–water partition coefficient (Wildman–Crippen LogP) is -1.12. The quantitative estimate of drug-likeness (QED) is 0.339. The minimum absolute atomic E-state index is 0.575. The largest absolute Gasteiger partial charge is 0.272 e. The summed E-state index contributed by atoms with van der Waals surface area (Å²) in [7, 11) is 10.5. The van der Waals surface area contributed by atoms with Gasteiger partial charge in [0.2, 0.25) is 0 Å². The summed E-state index contributed by atoms with van der Waals surface area (Å²) >= 11 is 0. The second-order valence-corrected chi connectivity index (χ2v) is 3.03. The van der Waals surface area contributed by atoms with Crippen molar-refractivity contribution in [3.63, 3.8) is 0 Å². The summed E-state index contributed by atoms with van der Waals surface area (Å²) in [5.41, 5.74) is 0.575. The van der Waals surface area contributed by atoms with Crippen LogP contribution in [-0.4, -0.2) is 12.8 Å². The lowest BCUT2D eigenvalue weighted by Gasteiger charge is -1.97. The maximum absolute atomic E-state index is 5.45. The molecule has 0 bridgehead atoms. The zero-order chi connectivity index (χ0) is 6.85. The van der Waals surface area contributed by atoms with Crippen molar-refractivity contribution in [1.82, 2.24) is 4.98 Å². The molecule has 0 fully saturated rings. The van der Waals surface area contributed by atoms with E-state index in [0.717, 1.165) is 10.6 Å². The average Bonchev–Trinajstić information content (AvgIpc) is 1.80. The van der Waals surface area contributed by atoms with Crippen molar-refractivity contribution < 1.29 is 0 Å². The van der Waals surface area contributed by atoms with Crippen molar-refractivity contribution in [3.8, 4) is 0 Å². The van der Waals surface area contributed by atoms with Gasteiger partial charge in [0.25, 0.3) is 0 Å². The standard InChI is InChI=1S/C5H6BNP2/c6-5-4(9)1-3(8)2-7-5/h1-2H,8-9H2. The molecule has 1 heterocycles. The van der Waals surface area contributed by atoms with Crippen LogP contribution >= 0.6 is 18.5 Å². The third-order valence-electron chi connectivity index (χ3n) is 0.971. The minimum Gasteiger partial charge on any atom is -0.272 e. The van der Waals surface area contributed by atoms with Crippen LogP contribution in [0.15, 0.2) is 12.3 Å². The number of hydrogen-bond acceptors (Lipinski definition) is 1. The van der Waals surface area contributed by atoms with Crippen LogP contribution in [0.5, 0.6) is 0 Å². The fraction of sp³-hybridized carbons (Fsp3) is 0. The highest BCUT2D eigenvalue weighted by atomic mass is 31.0. The Morgan fingerprint density at radius 2 is 2.11 bits per heavy atom. The fourth-order valence-corrected chi connectivity index (χ4v) is 1.22. The molecule has 0 aliphatic rings. The van der Waals surface area contributed by atoms with Crippen molar-refractivity contribution in [3.05, 3.63) is 12.3 Å². The van der Waals surface area contributed by atoms with Gasteiger partial charge in [0.1, 0.15) is 7.85 Å². The van der Waals surface area contributed by atoms with Gasteiger partial charge in [-0.15, -0.1) is 18.5 Å². The molecule has 1 aromatic rings. The number of aromatic nitrogens is 1. The Kier molecular flexibility index (Phi) is 2.21. The van der Waals surface area contributed by atoms with E-state index in [1.807, 2.05) is 6.07 Å². The second kappa shape index (κ2) is 2.77. The number of nitrogens with zero attached hydrogens (tertiary/aromatic N) is 1. The summed E-state index contributed by atoms with van der Waals surface area (Å²) in [6.45, 7) is 0. The van der Waals surface area contributed by atoms with E-state index < -0.39 is 0 Å². The van der Waals surface area contributed by atoms with Crippen molar-refractivity contribution >= 4 is 42.5 Å². The van der Waals surface area contributed by atoms with Crippen LogP contribution in [0.2, 0.25) is 0 Å². The molecule has 0 amide bonds. The van der Waals surface area contributed by atoms with Crippen LogP contribution in [-0.2, 0) is 0 Å². The van der Waals surface area contributed by atoms with Gasteiger partial charge in [0.05, 0.1) is 0 Å². The summed E-state index contributed by atoms with van der Waals surface area (Å²) < 4.78 is 0. The number of hydrogen-bond donors (Lipinski definition) is 0. The number of rotatable bonds is 0. The Morgan fingerprint density at radius 1 is 1.44 bits per heavy atom. The summed E-state index contributed by atoms with van der Waals surface area (Å²) in [5.74, 6) is 0. The van der Waals surface area contributed by atoms with Crippen LogP contribution < -0.4 is 16.2 Å². The molecule has 44 valence electrons. The molecular weight excluding hydrogens is 147 g/mol. The van der Waals surface area contributed by atoms with E-state index in [1.54, 1.807) is 6.20 Å². The van der Waals surface area contributed by atoms with Crippen LogP contribution in [0.3, 0.4) is 0 Å². The molecule has 0 aliphatic heterocycles. The van der Waals surface area contributed by atoms with Gasteiger partial charge in [-0.25, -0.2) is 0 Å². The molecule has 1 aromatic heterocycles. The lowest BCUT2D eigenvalue weighted by Crippen LogP contribution is -2.25. The molecule has 1 nitrogen and oxygen atoms in total. The Hall–Kier alpha value is 0.0749. The zero-order valence-corrected chi connectivity index (χ0v) is 7.14. The monoisotopic (exact) mass is 153 g/mol. The van der Waals surface area contributed by atoms with Gasteiger partial charge in [0.15, 0.2) is 0 Å². The van der Waals surface area contributed by atoms with E-state index in [9.17, 15) is 0 Å². The molecule has 0 N–H and O–H groups in total. The molecule has 2 unspecified atom stereocenters. The third kappa shape index (κ3) is 1.74. The van der Waals surface area contributed by atoms with Gasteiger partial charge < -0.3 is 0 Å². The highest BCUT2D eigenvalue weighted by Crippen LogP contribution is 1.84. The van der Waals surface area contributed by atoms with E-state index in [-0.39, 0.29) is 0 Å². The van der Waals surface area contributed by atoms with Gasteiger partial charge in [0, 0.05) is 6.20 Å². The van der Waals surface area contributed by atoms with E-state index in [4.69, 9.17) is 7.85 Å². The lowest BCUT2D eigenvalue weighted by molar-refractivity contribution is 1.43. The first kappa shape index (κ1) is 7.19. The highest BCUT2D eigenvalue weighted by molar-refractivity contribution is 7.30. The Bertz CT molecular complexity index is 226. The second-order valence-electron chi connectivity index (χ2n) is 1.74. The topological polar surface area (TPSA) is 12.9 Å². The third-order valence-corrected chi connectivity index (χ3v) is 1.75. The SMILES string of the molecule is [B]c1ncc(P)cc1P. The van der Waals surface area contributed by atoms with Crippen LogP contribution in [0.4, 0.5) is 0 Å². The van der Waals surface area contributed by atoms with Gasteiger partial charge in [-0.3, -0.25) is 4.98 Å². The summed E-state index contributed by atoms with van der Waals surface area (Å²) in [6.07, 6.45) is 1.72. The molecule has 0 saturated carbocycles. The van der Waals surface area contributed by atoms with Crippen molar-refractivity contribution in [2.45, 2.75) is 0 Å². The van der Waals surface area contributed by atoms with Crippen LogP contribution in [0.1, 0.15) is 0 Å². The Labute approximate surface area is 60.5 Å². The molecule has 2 atom stereocenters. The Morgan fingerprint density at radius 3 is 2.56 bits per heavy atom. The van der Waals surface area contributed by atoms with Gasteiger partial charge in [-0.1, -0.05) is 0 Å². The summed E-state index contributed by atoms with van der Waals surface area (Å²) in [4.78, 5) is 3.91. The predicted molar refractivity (Wildman–Crippen MR) is 48.3 cm³/mol. The molecular formula is C5H6BNP2. The average molecular weight is 153 g/mol. The minimum atomic E-state index is 0.575. The first-order valence-corrected chi connectivity index (χ1v) is 3.62. The van der Waals surface area contributed by atoms with Gasteiger partial charge in [-0.2, -0.15) is 0 Å². The van der Waals surface area contributed by atoms with E-state index in [1.165, 1.54) is 0 Å². The van der Waals surface area contributed by atoms with E-state index in [2.05, 4.69) is 23.5 Å². The summed E-state index contributed by atoms with van der Waals surface area (Å²) in [6, 6.07) is 1.94. The normalized spacial score (nSPS) is 9.56. The maximum Gasteiger partial charge on any atom is 0.142 e. The molecule has 0 saturated heterocycles. The summed E-state index contributed by atoms with van der Waals surface area (Å²) in [5, 5.41) is 2.00.